The third kappa shape index (κ3) is 5.77. The quantitative estimate of drug-likeness (QED) is 0.839. The number of rotatable bonds is 5. The highest BCUT2D eigenvalue weighted by atomic mass is 79.9. The minimum absolute atomic E-state index is 0.209. The average molecular weight is 360 g/mol. The first-order valence-electron chi connectivity index (χ1n) is 6.22. The number of benzene rings is 2. The summed E-state index contributed by atoms with van der Waals surface area (Å²) < 4.78 is 40.9. The van der Waals surface area contributed by atoms with Crippen LogP contribution < -0.4 is 10.1 Å². The molecule has 6 heteroatoms. The van der Waals surface area contributed by atoms with Crippen molar-refractivity contribution in [1.29, 1.82) is 0 Å². The molecule has 21 heavy (non-hydrogen) atoms. The Kier molecular flexibility index (Phi) is 5.25. The van der Waals surface area contributed by atoms with Gasteiger partial charge in [0.2, 0.25) is 0 Å². The molecule has 0 atom stereocenters. The van der Waals surface area contributed by atoms with E-state index in [4.69, 9.17) is 0 Å². The fourth-order valence-electron chi connectivity index (χ4n) is 1.76. The Morgan fingerprint density at radius 3 is 1.81 bits per heavy atom. The summed E-state index contributed by atoms with van der Waals surface area (Å²) in [4.78, 5) is 0. The molecule has 0 aromatic heterocycles. The molecule has 0 unspecified atom stereocenters. The van der Waals surface area contributed by atoms with Gasteiger partial charge in [-0.05, 0) is 35.4 Å². The summed E-state index contributed by atoms with van der Waals surface area (Å²) in [5.74, 6) is -0.209. The van der Waals surface area contributed by atoms with Crippen LogP contribution in [-0.4, -0.2) is 6.36 Å². The van der Waals surface area contributed by atoms with Gasteiger partial charge < -0.3 is 10.1 Å². The smallest absolute Gasteiger partial charge is 0.406 e. The zero-order chi connectivity index (χ0) is 15.3. The molecule has 2 aromatic carbocycles. The van der Waals surface area contributed by atoms with E-state index in [9.17, 15) is 13.2 Å². The first-order chi connectivity index (χ1) is 9.92. The highest BCUT2D eigenvalue weighted by Gasteiger charge is 2.30. The fourth-order valence-corrected chi connectivity index (χ4v) is 2.03. The Bertz CT molecular complexity index is 567. The summed E-state index contributed by atoms with van der Waals surface area (Å²) in [6, 6.07) is 13.7. The lowest BCUT2D eigenvalue weighted by Crippen LogP contribution is -2.17. The van der Waals surface area contributed by atoms with Gasteiger partial charge in [-0.2, -0.15) is 0 Å². The van der Waals surface area contributed by atoms with Gasteiger partial charge in [-0.1, -0.05) is 40.2 Å². The van der Waals surface area contributed by atoms with Gasteiger partial charge in [0.25, 0.3) is 0 Å². The highest BCUT2D eigenvalue weighted by Crippen LogP contribution is 2.22. The van der Waals surface area contributed by atoms with Crippen LogP contribution in [0.15, 0.2) is 53.0 Å². The van der Waals surface area contributed by atoms with E-state index in [0.29, 0.717) is 13.1 Å². The number of hydrogen-bond donors (Lipinski definition) is 1. The van der Waals surface area contributed by atoms with Gasteiger partial charge in [-0.15, -0.1) is 13.2 Å². The van der Waals surface area contributed by atoms with Crippen molar-refractivity contribution in [1.82, 2.24) is 5.32 Å². The molecule has 0 aliphatic rings. The topological polar surface area (TPSA) is 21.3 Å². The van der Waals surface area contributed by atoms with Crippen molar-refractivity contribution >= 4 is 15.9 Å². The number of ether oxygens (including phenoxy) is 1. The Balaban J connectivity index is 1.82. The molecule has 112 valence electrons. The third-order valence-electron chi connectivity index (χ3n) is 2.73. The van der Waals surface area contributed by atoms with E-state index in [-0.39, 0.29) is 5.75 Å². The van der Waals surface area contributed by atoms with Crippen LogP contribution in [0.5, 0.6) is 5.75 Å². The predicted octanol–water partition coefficient (Wildman–Crippen LogP) is 4.64. The third-order valence-corrected chi connectivity index (χ3v) is 3.26. The standard InChI is InChI=1S/C15H13BrF3NO/c16-13-5-1-11(2-6-13)9-20-10-12-3-7-14(8-4-12)21-15(17,18)19/h1-8,20H,9-10H2. The normalized spacial score (nSPS) is 11.4. The van der Waals surface area contributed by atoms with E-state index in [2.05, 4.69) is 26.0 Å². The summed E-state index contributed by atoms with van der Waals surface area (Å²) >= 11 is 3.37. The van der Waals surface area contributed by atoms with Crippen LogP contribution in [0.25, 0.3) is 0 Å². The zero-order valence-electron chi connectivity index (χ0n) is 11.0. The average Bonchev–Trinajstić information content (AvgIpc) is 2.41. The number of alkyl halides is 3. The van der Waals surface area contributed by atoms with Crippen molar-refractivity contribution < 1.29 is 17.9 Å². The van der Waals surface area contributed by atoms with Crippen LogP contribution in [-0.2, 0) is 13.1 Å². The van der Waals surface area contributed by atoms with E-state index >= 15 is 0 Å². The van der Waals surface area contributed by atoms with Crippen LogP contribution in [0.1, 0.15) is 11.1 Å². The first-order valence-corrected chi connectivity index (χ1v) is 7.01. The maximum absolute atomic E-state index is 12.0. The summed E-state index contributed by atoms with van der Waals surface area (Å²) in [6.45, 7) is 1.26. The maximum Gasteiger partial charge on any atom is 0.573 e. The van der Waals surface area contributed by atoms with Crippen molar-refractivity contribution in [2.45, 2.75) is 19.5 Å². The van der Waals surface area contributed by atoms with E-state index in [1.54, 1.807) is 12.1 Å². The van der Waals surface area contributed by atoms with Crippen LogP contribution in [0.3, 0.4) is 0 Å². The molecule has 0 saturated heterocycles. The predicted molar refractivity (Wildman–Crippen MR) is 77.8 cm³/mol. The molecular formula is C15H13BrF3NO. The summed E-state index contributed by atoms with van der Waals surface area (Å²) in [5.41, 5.74) is 2.02. The molecule has 2 nitrogen and oxygen atoms in total. The molecule has 0 fully saturated rings. The second kappa shape index (κ2) is 6.95. The number of hydrogen-bond acceptors (Lipinski definition) is 2. The van der Waals surface area contributed by atoms with Gasteiger partial charge in [0, 0.05) is 17.6 Å². The van der Waals surface area contributed by atoms with Crippen molar-refractivity contribution in [2.24, 2.45) is 0 Å². The maximum atomic E-state index is 12.0. The minimum atomic E-state index is -4.65. The summed E-state index contributed by atoms with van der Waals surface area (Å²) in [7, 11) is 0. The first kappa shape index (κ1) is 15.9. The number of halogens is 4. The van der Waals surface area contributed by atoms with Crippen LogP contribution in [0.2, 0.25) is 0 Å². The van der Waals surface area contributed by atoms with Crippen molar-refractivity contribution in [3.8, 4) is 5.75 Å². The largest absolute Gasteiger partial charge is 0.573 e. The van der Waals surface area contributed by atoms with E-state index < -0.39 is 6.36 Å². The SMILES string of the molecule is FC(F)(F)Oc1ccc(CNCc2ccc(Br)cc2)cc1. The molecule has 0 heterocycles. The Hall–Kier alpha value is -1.53. The Morgan fingerprint density at radius 1 is 0.857 bits per heavy atom. The van der Waals surface area contributed by atoms with Crippen LogP contribution in [0, 0.1) is 0 Å². The van der Waals surface area contributed by atoms with Gasteiger partial charge in [0.15, 0.2) is 0 Å². The fraction of sp³-hybridized carbons (Fsp3) is 0.200. The summed E-state index contributed by atoms with van der Waals surface area (Å²) in [5, 5.41) is 3.23. The van der Waals surface area contributed by atoms with Crippen LogP contribution in [0.4, 0.5) is 13.2 Å². The molecular weight excluding hydrogens is 347 g/mol. The van der Waals surface area contributed by atoms with E-state index in [0.717, 1.165) is 15.6 Å². The van der Waals surface area contributed by atoms with Crippen LogP contribution >= 0.6 is 15.9 Å². The molecule has 0 amide bonds. The number of nitrogens with one attached hydrogen (secondary N) is 1. The van der Waals surface area contributed by atoms with E-state index in [1.165, 1.54) is 12.1 Å². The monoisotopic (exact) mass is 359 g/mol. The van der Waals surface area contributed by atoms with Crippen molar-refractivity contribution in [2.75, 3.05) is 0 Å². The molecule has 1 N–H and O–H groups in total. The van der Waals surface area contributed by atoms with Gasteiger partial charge in [0.05, 0.1) is 0 Å². The highest BCUT2D eigenvalue weighted by molar-refractivity contribution is 9.10. The molecule has 0 aliphatic heterocycles. The zero-order valence-corrected chi connectivity index (χ0v) is 12.5. The van der Waals surface area contributed by atoms with Crippen molar-refractivity contribution in [3.05, 3.63) is 64.1 Å². The minimum Gasteiger partial charge on any atom is -0.406 e. The lowest BCUT2D eigenvalue weighted by Gasteiger charge is -2.10. The lowest BCUT2D eigenvalue weighted by atomic mass is 10.2. The second-order valence-corrected chi connectivity index (χ2v) is 5.34. The lowest BCUT2D eigenvalue weighted by molar-refractivity contribution is -0.274. The Labute approximate surface area is 129 Å². The molecule has 0 spiro atoms. The molecule has 0 aliphatic carbocycles. The van der Waals surface area contributed by atoms with E-state index in [1.807, 2.05) is 24.3 Å². The molecule has 2 aromatic rings. The molecule has 0 radical (unpaired) electrons. The second-order valence-electron chi connectivity index (χ2n) is 4.42. The molecule has 0 bridgehead atoms. The summed E-state index contributed by atoms with van der Waals surface area (Å²) in [6.07, 6.45) is -4.65. The molecule has 2 rings (SSSR count). The van der Waals surface area contributed by atoms with Gasteiger partial charge >= 0.3 is 6.36 Å². The van der Waals surface area contributed by atoms with Gasteiger partial charge in [-0.25, -0.2) is 0 Å². The van der Waals surface area contributed by atoms with Gasteiger partial charge in [-0.3, -0.25) is 0 Å². The van der Waals surface area contributed by atoms with Gasteiger partial charge in [0.1, 0.15) is 5.75 Å². The Morgan fingerprint density at radius 2 is 1.33 bits per heavy atom. The van der Waals surface area contributed by atoms with Crippen molar-refractivity contribution in [3.63, 3.8) is 0 Å². The molecule has 0 saturated carbocycles.